The normalized spacial score (nSPS) is 11.1. The van der Waals surface area contributed by atoms with E-state index in [2.05, 4.69) is 20.2 Å². The highest BCUT2D eigenvalue weighted by molar-refractivity contribution is 6.30. The Morgan fingerprint density at radius 1 is 0.889 bits per heavy atom. The van der Waals surface area contributed by atoms with Crippen molar-refractivity contribution in [3.63, 3.8) is 0 Å². The van der Waals surface area contributed by atoms with Gasteiger partial charge in [0.05, 0.1) is 17.1 Å². The van der Waals surface area contributed by atoms with E-state index < -0.39 is 0 Å². The van der Waals surface area contributed by atoms with Crippen molar-refractivity contribution in [2.45, 2.75) is 20.8 Å². The van der Waals surface area contributed by atoms with Crippen LogP contribution in [-0.4, -0.2) is 9.97 Å². The van der Waals surface area contributed by atoms with E-state index in [0.29, 0.717) is 5.02 Å². The minimum absolute atomic E-state index is 0.681. The second kappa shape index (κ2) is 5.23. The molecule has 18 heavy (non-hydrogen) atoms. The van der Waals surface area contributed by atoms with E-state index in [9.17, 15) is 0 Å². The highest BCUT2D eigenvalue weighted by Crippen LogP contribution is 2.24. The lowest BCUT2D eigenvalue weighted by Gasteiger charge is -2.03. The number of azo groups is 1. The second-order valence-corrected chi connectivity index (χ2v) is 4.40. The first-order valence-corrected chi connectivity index (χ1v) is 5.93. The molecule has 0 aliphatic rings. The summed E-state index contributed by atoms with van der Waals surface area (Å²) in [5, 5.41) is 9.04. The summed E-state index contributed by atoms with van der Waals surface area (Å²) in [5.41, 5.74) is 3.13. The maximum Gasteiger partial charge on any atom is 0.128 e. The lowest BCUT2D eigenvalue weighted by atomic mass is 10.3. The third-order valence-corrected chi connectivity index (χ3v) is 2.69. The molecule has 0 bridgehead atoms. The standard InChI is InChI=1S/C13H13ClN4/c1-8-13(9(2)16-10(3)15-8)18-17-12-6-4-11(14)5-7-12/h4-7H,1-3H3. The van der Waals surface area contributed by atoms with Crippen molar-refractivity contribution in [2.24, 2.45) is 10.2 Å². The third-order valence-electron chi connectivity index (χ3n) is 2.44. The van der Waals surface area contributed by atoms with Gasteiger partial charge in [0.25, 0.3) is 0 Å². The van der Waals surface area contributed by atoms with Crippen LogP contribution >= 0.6 is 11.6 Å². The molecule has 0 fully saturated rings. The van der Waals surface area contributed by atoms with Crippen LogP contribution in [-0.2, 0) is 0 Å². The van der Waals surface area contributed by atoms with Crippen molar-refractivity contribution in [1.29, 1.82) is 0 Å². The summed E-state index contributed by atoms with van der Waals surface area (Å²) in [4.78, 5) is 8.55. The van der Waals surface area contributed by atoms with Crippen molar-refractivity contribution in [3.8, 4) is 0 Å². The lowest BCUT2D eigenvalue weighted by molar-refractivity contribution is 0.962. The molecule has 0 saturated carbocycles. The molecular weight excluding hydrogens is 248 g/mol. The van der Waals surface area contributed by atoms with Gasteiger partial charge < -0.3 is 0 Å². The Morgan fingerprint density at radius 3 is 2.00 bits per heavy atom. The lowest BCUT2D eigenvalue weighted by Crippen LogP contribution is -1.94. The third kappa shape index (κ3) is 2.90. The van der Waals surface area contributed by atoms with Gasteiger partial charge in [-0.3, -0.25) is 0 Å². The number of hydrogen-bond acceptors (Lipinski definition) is 4. The summed E-state index contributed by atoms with van der Waals surface area (Å²) >= 11 is 5.80. The number of nitrogens with zero attached hydrogens (tertiary/aromatic N) is 4. The van der Waals surface area contributed by atoms with Crippen molar-refractivity contribution >= 4 is 23.0 Å². The number of hydrogen-bond donors (Lipinski definition) is 0. The van der Waals surface area contributed by atoms with Crippen LogP contribution in [0.2, 0.25) is 5.02 Å². The van der Waals surface area contributed by atoms with Gasteiger partial charge in [-0.05, 0) is 45.0 Å². The van der Waals surface area contributed by atoms with Crippen LogP contribution in [0.25, 0.3) is 0 Å². The maximum atomic E-state index is 5.80. The van der Waals surface area contributed by atoms with Crippen LogP contribution in [0, 0.1) is 20.8 Å². The van der Waals surface area contributed by atoms with E-state index in [1.54, 1.807) is 12.1 Å². The molecule has 0 aliphatic heterocycles. The van der Waals surface area contributed by atoms with Gasteiger partial charge >= 0.3 is 0 Å². The summed E-state index contributed by atoms with van der Waals surface area (Å²) in [6, 6.07) is 7.18. The van der Waals surface area contributed by atoms with Crippen LogP contribution < -0.4 is 0 Å². The van der Waals surface area contributed by atoms with E-state index in [4.69, 9.17) is 11.6 Å². The van der Waals surface area contributed by atoms with Gasteiger partial charge in [0.15, 0.2) is 0 Å². The molecule has 0 spiro atoms. The zero-order valence-corrected chi connectivity index (χ0v) is 11.2. The summed E-state index contributed by atoms with van der Waals surface area (Å²) < 4.78 is 0. The fourth-order valence-corrected chi connectivity index (χ4v) is 1.76. The molecule has 1 heterocycles. The molecule has 5 heteroatoms. The summed E-state index contributed by atoms with van der Waals surface area (Å²) in [5.74, 6) is 0.746. The first kappa shape index (κ1) is 12.6. The van der Waals surface area contributed by atoms with Crippen molar-refractivity contribution in [1.82, 2.24) is 9.97 Å². The zero-order valence-electron chi connectivity index (χ0n) is 10.5. The zero-order chi connectivity index (χ0) is 13.1. The Labute approximate surface area is 111 Å². The SMILES string of the molecule is Cc1nc(C)c(N=Nc2ccc(Cl)cc2)c(C)n1. The van der Waals surface area contributed by atoms with Gasteiger partial charge in [-0.2, -0.15) is 5.11 Å². The quantitative estimate of drug-likeness (QED) is 0.748. The number of rotatable bonds is 2. The summed E-state index contributed by atoms with van der Waals surface area (Å²) in [6.45, 7) is 5.66. The predicted molar refractivity (Wildman–Crippen MR) is 71.9 cm³/mol. The second-order valence-electron chi connectivity index (χ2n) is 3.97. The summed E-state index contributed by atoms with van der Waals surface area (Å²) in [7, 11) is 0. The number of aryl methyl sites for hydroxylation is 3. The average molecular weight is 261 g/mol. The van der Waals surface area contributed by atoms with E-state index >= 15 is 0 Å². The van der Waals surface area contributed by atoms with E-state index in [-0.39, 0.29) is 0 Å². The van der Waals surface area contributed by atoms with Gasteiger partial charge in [-0.1, -0.05) is 11.6 Å². The fourth-order valence-electron chi connectivity index (χ4n) is 1.64. The number of aromatic nitrogens is 2. The maximum absolute atomic E-state index is 5.80. The molecular formula is C13H13ClN4. The van der Waals surface area contributed by atoms with E-state index in [0.717, 1.165) is 28.6 Å². The molecule has 0 amide bonds. The van der Waals surface area contributed by atoms with Crippen molar-refractivity contribution < 1.29 is 0 Å². The Balaban J connectivity index is 2.31. The van der Waals surface area contributed by atoms with Crippen LogP contribution in [0.1, 0.15) is 17.2 Å². The largest absolute Gasteiger partial charge is 0.236 e. The van der Waals surface area contributed by atoms with E-state index in [1.807, 2.05) is 32.9 Å². The van der Waals surface area contributed by atoms with Crippen molar-refractivity contribution in [3.05, 3.63) is 46.5 Å². The Kier molecular flexibility index (Phi) is 3.67. The molecule has 1 aromatic heterocycles. The molecule has 0 saturated heterocycles. The van der Waals surface area contributed by atoms with Gasteiger partial charge in [-0.25, -0.2) is 9.97 Å². The molecule has 2 aromatic rings. The molecule has 4 nitrogen and oxygen atoms in total. The van der Waals surface area contributed by atoms with Crippen LogP contribution in [0.5, 0.6) is 0 Å². The van der Waals surface area contributed by atoms with Gasteiger partial charge in [0.2, 0.25) is 0 Å². The first-order chi connectivity index (χ1) is 8.56. The molecule has 0 radical (unpaired) electrons. The van der Waals surface area contributed by atoms with Gasteiger partial charge in [0.1, 0.15) is 11.5 Å². The molecule has 1 aromatic carbocycles. The summed E-state index contributed by atoms with van der Waals surface area (Å²) in [6.07, 6.45) is 0. The highest BCUT2D eigenvalue weighted by atomic mass is 35.5. The minimum atomic E-state index is 0.681. The minimum Gasteiger partial charge on any atom is -0.236 e. The van der Waals surface area contributed by atoms with Crippen molar-refractivity contribution in [2.75, 3.05) is 0 Å². The molecule has 2 rings (SSSR count). The van der Waals surface area contributed by atoms with Crippen LogP contribution in [0.3, 0.4) is 0 Å². The number of benzene rings is 1. The topological polar surface area (TPSA) is 50.5 Å². The number of halogens is 1. The molecule has 0 atom stereocenters. The highest BCUT2D eigenvalue weighted by Gasteiger charge is 2.05. The van der Waals surface area contributed by atoms with E-state index in [1.165, 1.54) is 0 Å². The Morgan fingerprint density at radius 2 is 1.44 bits per heavy atom. The molecule has 92 valence electrons. The Bertz CT molecular complexity index is 567. The monoisotopic (exact) mass is 260 g/mol. The smallest absolute Gasteiger partial charge is 0.128 e. The van der Waals surface area contributed by atoms with Crippen LogP contribution in [0.4, 0.5) is 11.4 Å². The average Bonchev–Trinajstić information content (AvgIpc) is 2.30. The predicted octanol–water partition coefficient (Wildman–Crippen LogP) is 4.47. The Hall–Kier alpha value is -1.81. The molecule has 0 aliphatic carbocycles. The fraction of sp³-hybridized carbons (Fsp3) is 0.231. The van der Waals surface area contributed by atoms with Gasteiger partial charge in [0, 0.05) is 5.02 Å². The molecule has 0 N–H and O–H groups in total. The molecule has 0 unspecified atom stereocenters. The van der Waals surface area contributed by atoms with Crippen LogP contribution in [0.15, 0.2) is 34.5 Å². The van der Waals surface area contributed by atoms with Gasteiger partial charge in [-0.15, -0.1) is 5.11 Å². The first-order valence-electron chi connectivity index (χ1n) is 5.55.